The number of rotatable bonds is 5. The van der Waals surface area contributed by atoms with E-state index in [1.165, 1.54) is 33.2 Å². The monoisotopic (exact) mass is 902 g/mol. The van der Waals surface area contributed by atoms with Crippen molar-refractivity contribution in [3.8, 4) is 22.6 Å². The standard InChI is InChI=1S/C64H63BN2O2/c1-61(2,3)42-22-28-46(29-23-42)66(47-30-24-43(25-31-47)62(4,5)6)48-38-50-49-20-16-17-21-56(49)69-60(50)55(39-48)67-53-32-26-44(63(7,8)9)36-51(53)65-52-37-45(64(10,11)12)27-33-57(52)68-58-35-41(34-54(67)59(58)65)40-18-14-13-15-19-40/h13-39H,1-12H3. The van der Waals surface area contributed by atoms with Crippen LogP contribution in [0.15, 0.2) is 168 Å². The summed E-state index contributed by atoms with van der Waals surface area (Å²) in [5.74, 6) is 1.78. The highest BCUT2D eigenvalue weighted by molar-refractivity contribution is 6.99. The molecule has 0 aliphatic carbocycles. The van der Waals surface area contributed by atoms with Gasteiger partial charge >= 0.3 is 0 Å². The summed E-state index contributed by atoms with van der Waals surface area (Å²) in [5, 5.41) is 2.13. The Morgan fingerprint density at radius 2 is 0.957 bits per heavy atom. The van der Waals surface area contributed by atoms with Crippen molar-refractivity contribution in [2.45, 2.75) is 105 Å². The molecule has 0 N–H and O–H groups in total. The van der Waals surface area contributed by atoms with Crippen LogP contribution in [0.4, 0.5) is 34.1 Å². The van der Waals surface area contributed by atoms with E-state index in [2.05, 4.69) is 257 Å². The maximum Gasteiger partial charge on any atom is 0.256 e. The molecule has 0 fully saturated rings. The van der Waals surface area contributed by atoms with E-state index in [1.54, 1.807) is 0 Å². The van der Waals surface area contributed by atoms with Crippen molar-refractivity contribution < 1.29 is 9.15 Å². The summed E-state index contributed by atoms with van der Waals surface area (Å²) in [6, 6.07) is 60.8. The van der Waals surface area contributed by atoms with Gasteiger partial charge in [-0.2, -0.15) is 0 Å². The van der Waals surface area contributed by atoms with Crippen molar-refractivity contribution in [3.63, 3.8) is 0 Å². The second-order valence-electron chi connectivity index (χ2n) is 23.5. The Balaban J connectivity index is 1.24. The topological polar surface area (TPSA) is 28.9 Å². The largest absolute Gasteiger partial charge is 0.458 e. The number of anilines is 6. The third kappa shape index (κ3) is 7.71. The van der Waals surface area contributed by atoms with Crippen LogP contribution in [0.3, 0.4) is 0 Å². The van der Waals surface area contributed by atoms with Crippen molar-refractivity contribution in [1.82, 2.24) is 0 Å². The lowest BCUT2D eigenvalue weighted by Gasteiger charge is -2.41. The molecule has 0 atom stereocenters. The third-order valence-electron chi connectivity index (χ3n) is 14.5. The summed E-state index contributed by atoms with van der Waals surface area (Å²) >= 11 is 0. The van der Waals surface area contributed by atoms with Gasteiger partial charge in [-0.3, -0.25) is 0 Å². The number of ether oxygens (including phenoxy) is 1. The summed E-state index contributed by atoms with van der Waals surface area (Å²) < 4.78 is 14.3. The molecule has 0 bridgehead atoms. The van der Waals surface area contributed by atoms with Gasteiger partial charge in [0.1, 0.15) is 17.1 Å². The number of benzene rings is 8. The van der Waals surface area contributed by atoms with Crippen molar-refractivity contribution in [1.29, 1.82) is 0 Å². The normalized spacial score (nSPS) is 13.6. The second kappa shape index (κ2) is 15.8. The fourth-order valence-electron chi connectivity index (χ4n) is 10.5. The molecule has 9 aromatic rings. The molecule has 69 heavy (non-hydrogen) atoms. The zero-order valence-corrected chi connectivity index (χ0v) is 42.4. The van der Waals surface area contributed by atoms with Crippen LogP contribution in [0.5, 0.6) is 11.5 Å². The molecule has 0 spiro atoms. The first-order chi connectivity index (χ1) is 32.7. The first-order valence-corrected chi connectivity index (χ1v) is 24.7. The van der Waals surface area contributed by atoms with Crippen LogP contribution in [0.25, 0.3) is 33.1 Å². The zero-order chi connectivity index (χ0) is 48.4. The van der Waals surface area contributed by atoms with Gasteiger partial charge in [-0.15, -0.1) is 0 Å². The predicted octanol–water partition coefficient (Wildman–Crippen LogP) is 16.3. The fraction of sp³-hybridized carbons (Fsp3) is 0.250. The summed E-state index contributed by atoms with van der Waals surface area (Å²) in [6.07, 6.45) is 0. The molecule has 0 radical (unpaired) electrons. The number of fused-ring (bicyclic) bond motifs is 7. The Kier molecular flexibility index (Phi) is 10.2. The molecular formula is C64H63BN2O2. The molecule has 3 heterocycles. The van der Waals surface area contributed by atoms with Gasteiger partial charge in [0, 0.05) is 39.2 Å². The van der Waals surface area contributed by atoms with Gasteiger partial charge in [0.2, 0.25) is 0 Å². The highest BCUT2D eigenvalue weighted by Gasteiger charge is 2.44. The van der Waals surface area contributed by atoms with E-state index in [1.807, 2.05) is 0 Å². The molecule has 11 rings (SSSR count). The van der Waals surface area contributed by atoms with E-state index >= 15 is 0 Å². The molecule has 8 aromatic carbocycles. The lowest BCUT2D eigenvalue weighted by molar-refractivity contribution is 0.486. The predicted molar refractivity (Wildman–Crippen MR) is 294 cm³/mol. The van der Waals surface area contributed by atoms with E-state index < -0.39 is 0 Å². The van der Waals surface area contributed by atoms with Gasteiger partial charge in [0.25, 0.3) is 6.71 Å². The van der Waals surface area contributed by atoms with Gasteiger partial charge in [-0.25, -0.2) is 0 Å². The molecule has 5 heteroatoms. The highest BCUT2D eigenvalue weighted by atomic mass is 16.5. The van der Waals surface area contributed by atoms with Gasteiger partial charge in [-0.05, 0) is 138 Å². The Bertz CT molecular complexity index is 3390. The molecule has 0 amide bonds. The number of para-hydroxylation sites is 1. The van der Waals surface area contributed by atoms with Gasteiger partial charge < -0.3 is 19.0 Å². The summed E-state index contributed by atoms with van der Waals surface area (Å²) in [7, 11) is 0. The lowest BCUT2D eigenvalue weighted by atomic mass is 9.33. The SMILES string of the molecule is CC(C)(C)c1ccc(N(c2ccc(C(C)(C)C)cc2)c2cc(N3c4ccc(C(C)(C)C)cc4B4c5cc(C(C)(C)C)ccc5Oc5cc(-c6ccccc6)cc3c54)c3oc4ccccc4c3c2)cc1. The van der Waals surface area contributed by atoms with Crippen molar-refractivity contribution >= 4 is 79.2 Å². The average molecular weight is 903 g/mol. The first-order valence-electron chi connectivity index (χ1n) is 24.7. The molecule has 4 nitrogen and oxygen atoms in total. The molecule has 1 aromatic heterocycles. The number of furan rings is 1. The summed E-state index contributed by atoms with van der Waals surface area (Å²) in [5.41, 5.74) is 18.9. The third-order valence-corrected chi connectivity index (χ3v) is 14.5. The smallest absolute Gasteiger partial charge is 0.256 e. The molecular weight excluding hydrogens is 840 g/mol. The zero-order valence-electron chi connectivity index (χ0n) is 42.4. The van der Waals surface area contributed by atoms with Crippen LogP contribution < -0.4 is 30.9 Å². The van der Waals surface area contributed by atoms with Gasteiger partial charge in [-0.1, -0.05) is 180 Å². The molecule has 0 saturated carbocycles. The Labute approximate surface area is 409 Å². The van der Waals surface area contributed by atoms with E-state index in [4.69, 9.17) is 9.15 Å². The maximum atomic E-state index is 7.17. The van der Waals surface area contributed by atoms with E-state index in [0.717, 1.165) is 84.2 Å². The van der Waals surface area contributed by atoms with Crippen molar-refractivity contribution in [3.05, 3.63) is 186 Å². The molecule has 0 saturated heterocycles. The van der Waals surface area contributed by atoms with Crippen LogP contribution in [0.1, 0.15) is 105 Å². The Morgan fingerprint density at radius 3 is 1.57 bits per heavy atom. The summed E-state index contributed by atoms with van der Waals surface area (Å²) in [4.78, 5) is 4.91. The number of nitrogens with zero attached hydrogens (tertiary/aromatic N) is 2. The second-order valence-corrected chi connectivity index (χ2v) is 23.5. The molecule has 2 aliphatic rings. The minimum absolute atomic E-state index is 0.0117. The molecule has 2 aliphatic heterocycles. The van der Waals surface area contributed by atoms with Crippen molar-refractivity contribution in [2.75, 3.05) is 9.80 Å². The maximum absolute atomic E-state index is 7.17. The fourth-order valence-corrected chi connectivity index (χ4v) is 10.5. The van der Waals surface area contributed by atoms with E-state index in [-0.39, 0.29) is 28.4 Å². The van der Waals surface area contributed by atoms with Gasteiger partial charge in [0.15, 0.2) is 5.58 Å². The Morgan fingerprint density at radius 1 is 0.406 bits per heavy atom. The summed E-state index contributed by atoms with van der Waals surface area (Å²) in [6.45, 7) is 27.4. The van der Waals surface area contributed by atoms with Gasteiger partial charge in [0.05, 0.1) is 5.69 Å². The highest BCUT2D eigenvalue weighted by Crippen LogP contribution is 2.50. The molecule has 344 valence electrons. The van der Waals surface area contributed by atoms with Crippen LogP contribution in [-0.2, 0) is 21.7 Å². The number of hydrogen-bond donors (Lipinski definition) is 0. The van der Waals surface area contributed by atoms with Crippen LogP contribution in [0.2, 0.25) is 0 Å². The first kappa shape index (κ1) is 44.5. The average Bonchev–Trinajstić information content (AvgIpc) is 3.69. The minimum atomic E-state index is -0.0844. The van der Waals surface area contributed by atoms with Crippen LogP contribution in [-0.4, -0.2) is 6.71 Å². The minimum Gasteiger partial charge on any atom is -0.458 e. The van der Waals surface area contributed by atoms with Crippen LogP contribution in [0, 0.1) is 0 Å². The van der Waals surface area contributed by atoms with E-state index in [9.17, 15) is 0 Å². The quantitative estimate of drug-likeness (QED) is 0.161. The van der Waals surface area contributed by atoms with Crippen molar-refractivity contribution in [2.24, 2.45) is 0 Å². The van der Waals surface area contributed by atoms with E-state index in [0.29, 0.717) is 0 Å². The molecule has 0 unspecified atom stereocenters. The number of hydrogen-bond acceptors (Lipinski definition) is 4. The Hall–Kier alpha value is -6.98. The lowest BCUT2D eigenvalue weighted by Crippen LogP contribution is -2.60. The van der Waals surface area contributed by atoms with Crippen LogP contribution >= 0.6 is 0 Å².